The Morgan fingerprint density at radius 1 is 0.281 bits per heavy atom. The van der Waals surface area contributed by atoms with Crippen molar-refractivity contribution in [1.29, 1.82) is 0 Å². The van der Waals surface area contributed by atoms with Crippen molar-refractivity contribution in [3.63, 3.8) is 0 Å². The molecule has 1 heteroatoms. The second kappa shape index (κ2) is 12.7. The maximum absolute atomic E-state index is 5.74. The van der Waals surface area contributed by atoms with Crippen LogP contribution in [0.2, 0.25) is 0 Å². The summed E-state index contributed by atoms with van der Waals surface area (Å²) in [5, 5.41) is 0. The second-order valence-corrected chi connectivity index (χ2v) is 15.7. The summed E-state index contributed by atoms with van der Waals surface area (Å²) in [7, 11) is 0. The van der Waals surface area contributed by atoms with Gasteiger partial charge in [0.1, 0.15) is 0 Å². The molecule has 57 heavy (non-hydrogen) atoms. The number of benzene rings is 8. The van der Waals surface area contributed by atoms with Gasteiger partial charge in [-0.15, -0.1) is 0 Å². The quantitative estimate of drug-likeness (QED) is 0.172. The van der Waals surface area contributed by atoms with E-state index in [4.69, 9.17) is 4.98 Å². The molecule has 1 nitrogen and oxygen atoms in total. The fourth-order valence-electron chi connectivity index (χ4n) is 10.4. The van der Waals surface area contributed by atoms with Crippen molar-refractivity contribution in [3.8, 4) is 55.8 Å². The van der Waals surface area contributed by atoms with Gasteiger partial charge in [-0.25, -0.2) is 0 Å². The van der Waals surface area contributed by atoms with Gasteiger partial charge in [-0.3, -0.25) is 4.98 Å². The lowest BCUT2D eigenvalue weighted by atomic mass is 9.81. The first-order valence-corrected chi connectivity index (χ1v) is 20.1. The zero-order valence-electron chi connectivity index (χ0n) is 31.3. The van der Waals surface area contributed by atoms with E-state index in [1.54, 1.807) is 0 Å². The van der Waals surface area contributed by atoms with Crippen LogP contribution in [-0.4, -0.2) is 4.98 Å². The van der Waals surface area contributed by atoms with Gasteiger partial charge in [0.2, 0.25) is 0 Å². The zero-order chi connectivity index (χ0) is 37.5. The number of rotatable bonds is 5. The van der Waals surface area contributed by atoms with E-state index in [1.807, 2.05) is 0 Å². The van der Waals surface area contributed by atoms with Crippen molar-refractivity contribution < 1.29 is 0 Å². The molecule has 0 amide bonds. The van der Waals surface area contributed by atoms with Gasteiger partial charge in [0.15, 0.2) is 0 Å². The van der Waals surface area contributed by atoms with E-state index < -0.39 is 0 Å². The first-order valence-electron chi connectivity index (χ1n) is 20.1. The lowest BCUT2D eigenvalue weighted by Crippen LogP contribution is -2.09. The number of aromatic nitrogens is 1. The Kier molecular flexibility index (Phi) is 7.19. The minimum Gasteiger partial charge on any atom is -0.252 e. The molecule has 1 aromatic heterocycles. The first kappa shape index (κ1) is 32.2. The average Bonchev–Trinajstić information content (AvgIpc) is 3.93. The van der Waals surface area contributed by atoms with Crippen LogP contribution in [-0.2, 0) is 0 Å². The Balaban J connectivity index is 1.08. The highest BCUT2D eigenvalue weighted by Crippen LogP contribution is 2.58. The number of hydrogen-bond acceptors (Lipinski definition) is 1. The summed E-state index contributed by atoms with van der Waals surface area (Å²) in [6.45, 7) is 0. The van der Waals surface area contributed by atoms with Gasteiger partial charge in [-0.2, -0.15) is 0 Å². The number of pyridine rings is 1. The molecule has 9 aromatic rings. The minimum absolute atomic E-state index is 0.0362. The molecular formula is C56H37N. The molecular weight excluding hydrogens is 687 g/mol. The van der Waals surface area contributed by atoms with Crippen molar-refractivity contribution in [1.82, 2.24) is 4.98 Å². The van der Waals surface area contributed by atoms with Crippen LogP contribution in [0.3, 0.4) is 0 Å². The molecule has 0 saturated heterocycles. The maximum atomic E-state index is 5.74. The van der Waals surface area contributed by atoms with Crippen LogP contribution in [0, 0.1) is 0 Å². The Morgan fingerprint density at radius 2 is 0.737 bits per heavy atom. The first-order chi connectivity index (χ1) is 28.3. The van der Waals surface area contributed by atoms with Crippen molar-refractivity contribution in [2.24, 2.45) is 0 Å². The Hall–Kier alpha value is -7.09. The predicted octanol–water partition coefficient (Wildman–Crippen LogP) is 13.9. The molecule has 0 radical (unpaired) electrons. The van der Waals surface area contributed by atoms with Gasteiger partial charge in [0.05, 0.1) is 17.3 Å². The molecule has 2 unspecified atom stereocenters. The molecule has 3 aliphatic carbocycles. The average molecular weight is 724 g/mol. The molecule has 0 fully saturated rings. The molecule has 0 aliphatic heterocycles. The van der Waals surface area contributed by atoms with Crippen LogP contribution < -0.4 is 0 Å². The van der Waals surface area contributed by atoms with E-state index in [-0.39, 0.29) is 17.8 Å². The monoisotopic (exact) mass is 723 g/mol. The van der Waals surface area contributed by atoms with E-state index in [0.717, 1.165) is 17.0 Å². The van der Waals surface area contributed by atoms with Gasteiger partial charge in [-0.05, 0) is 107 Å². The highest BCUT2D eigenvalue weighted by atomic mass is 14.7. The summed E-state index contributed by atoms with van der Waals surface area (Å²) in [4.78, 5) is 5.74. The van der Waals surface area contributed by atoms with E-state index in [9.17, 15) is 0 Å². The van der Waals surface area contributed by atoms with Gasteiger partial charge in [0.25, 0.3) is 0 Å². The van der Waals surface area contributed by atoms with Crippen LogP contribution in [0.4, 0.5) is 0 Å². The third kappa shape index (κ3) is 4.92. The van der Waals surface area contributed by atoms with E-state index in [1.165, 1.54) is 89.0 Å². The lowest BCUT2D eigenvalue weighted by molar-refractivity contribution is 0.906. The van der Waals surface area contributed by atoms with Crippen LogP contribution in [0.5, 0.6) is 0 Å². The topological polar surface area (TPSA) is 12.9 Å². The normalized spacial score (nSPS) is 15.6. The van der Waals surface area contributed by atoms with Crippen molar-refractivity contribution >= 4 is 0 Å². The molecule has 1 heterocycles. The van der Waals surface area contributed by atoms with Gasteiger partial charge < -0.3 is 0 Å². The summed E-state index contributed by atoms with van der Waals surface area (Å²) in [6.07, 6.45) is 0. The number of hydrogen-bond donors (Lipinski definition) is 0. The summed E-state index contributed by atoms with van der Waals surface area (Å²) in [5.41, 5.74) is 24.4. The van der Waals surface area contributed by atoms with Crippen molar-refractivity contribution in [2.75, 3.05) is 0 Å². The summed E-state index contributed by atoms with van der Waals surface area (Å²) in [6, 6.07) is 76.3. The molecule has 8 aromatic carbocycles. The van der Waals surface area contributed by atoms with Crippen molar-refractivity contribution in [2.45, 2.75) is 17.8 Å². The van der Waals surface area contributed by atoms with Gasteiger partial charge >= 0.3 is 0 Å². The Labute approximate surface area is 333 Å². The summed E-state index contributed by atoms with van der Waals surface area (Å²) < 4.78 is 0. The standard InChI is InChI=1S/C56H37N/c1-3-16-35(17-4-1)39-33-50(37-20-15-21-38(32-37)52-44-26-11-7-22-40(44)41-23-8-12-27-45(41)52)57-51(34-39)54-47-29-14-10-25-43(47)49-31-30-48-42-24-9-13-28-46(42)53(55(48)56(49)54)36-18-5-2-6-19-36/h1-34,52-54H. The fraction of sp³-hybridized carbons (Fsp3) is 0.0536. The largest absolute Gasteiger partial charge is 0.252 e. The summed E-state index contributed by atoms with van der Waals surface area (Å²) >= 11 is 0. The van der Waals surface area contributed by atoms with Gasteiger partial charge in [-0.1, -0.05) is 188 Å². The third-order valence-corrected chi connectivity index (χ3v) is 12.7. The molecule has 3 aliphatic rings. The van der Waals surface area contributed by atoms with Crippen LogP contribution in [0.15, 0.2) is 206 Å². The molecule has 266 valence electrons. The highest BCUT2D eigenvalue weighted by molar-refractivity contribution is 5.91. The Morgan fingerprint density at radius 3 is 1.35 bits per heavy atom. The van der Waals surface area contributed by atoms with Crippen LogP contribution in [0.1, 0.15) is 68.0 Å². The molecule has 2 atom stereocenters. The SMILES string of the molecule is c1ccc(-c2cc(-c3cccc(C4c5ccccc5-c5ccccc54)c3)nc(C3c4ccccc4-c4ccc5c(c43)C(c3ccccc3)c3ccccc3-5)c2)cc1. The van der Waals surface area contributed by atoms with E-state index in [2.05, 4.69) is 206 Å². The molecule has 0 N–H and O–H groups in total. The number of nitrogens with zero attached hydrogens (tertiary/aromatic N) is 1. The molecule has 12 rings (SSSR count). The van der Waals surface area contributed by atoms with E-state index >= 15 is 0 Å². The summed E-state index contributed by atoms with van der Waals surface area (Å²) in [5.74, 6) is 0.266. The third-order valence-electron chi connectivity index (χ3n) is 12.7. The predicted molar refractivity (Wildman–Crippen MR) is 234 cm³/mol. The minimum atomic E-state index is -0.0362. The molecule has 0 bridgehead atoms. The Bertz CT molecular complexity index is 2990. The molecule has 0 saturated carbocycles. The zero-order valence-corrected chi connectivity index (χ0v) is 31.3. The van der Waals surface area contributed by atoms with E-state index in [0.29, 0.717) is 0 Å². The van der Waals surface area contributed by atoms with Crippen LogP contribution >= 0.6 is 0 Å². The number of fused-ring (bicyclic) bond motifs is 10. The lowest BCUT2D eigenvalue weighted by Gasteiger charge is -2.23. The smallest absolute Gasteiger partial charge is 0.0711 e. The van der Waals surface area contributed by atoms with Crippen LogP contribution in [0.25, 0.3) is 55.8 Å². The van der Waals surface area contributed by atoms with Gasteiger partial charge in [0, 0.05) is 17.4 Å². The second-order valence-electron chi connectivity index (χ2n) is 15.7. The maximum Gasteiger partial charge on any atom is 0.0711 e. The highest BCUT2D eigenvalue weighted by Gasteiger charge is 2.40. The van der Waals surface area contributed by atoms with Crippen molar-refractivity contribution in [3.05, 3.63) is 256 Å². The molecule has 0 spiro atoms. The fourth-order valence-corrected chi connectivity index (χ4v) is 10.4.